The summed E-state index contributed by atoms with van der Waals surface area (Å²) in [4.78, 5) is 27.7. The summed E-state index contributed by atoms with van der Waals surface area (Å²) in [5.74, 6) is 0. The van der Waals surface area contributed by atoms with E-state index in [1.807, 2.05) is 0 Å². The number of aromatic amines is 1. The summed E-state index contributed by atoms with van der Waals surface area (Å²) < 4.78 is 29.6. The van der Waals surface area contributed by atoms with Crippen LogP contribution in [0, 0.1) is 0 Å². The Bertz CT molecular complexity index is 1440. The third kappa shape index (κ3) is 3.67. The summed E-state index contributed by atoms with van der Waals surface area (Å²) >= 11 is 5.84. The monoisotopic (exact) mass is 426 g/mol. The minimum Gasteiger partial charge on any atom is -0.306 e. The van der Waals surface area contributed by atoms with E-state index < -0.39 is 21.3 Å². The number of sulfonamides is 1. The zero-order valence-corrected chi connectivity index (χ0v) is 16.3. The zero-order chi connectivity index (χ0) is 20.6. The van der Waals surface area contributed by atoms with E-state index in [9.17, 15) is 18.0 Å². The van der Waals surface area contributed by atoms with Crippen LogP contribution in [0.2, 0.25) is 5.02 Å². The van der Waals surface area contributed by atoms with Gasteiger partial charge in [0.25, 0.3) is 15.6 Å². The van der Waals surface area contributed by atoms with E-state index in [1.165, 1.54) is 42.5 Å². The highest BCUT2D eigenvalue weighted by Crippen LogP contribution is 2.20. The molecule has 29 heavy (non-hydrogen) atoms. The molecule has 145 valence electrons. The first kappa shape index (κ1) is 19.0. The molecule has 0 atom stereocenters. The molecule has 1 N–H and O–H groups in total. The second kappa shape index (κ2) is 7.23. The van der Waals surface area contributed by atoms with Crippen LogP contribution >= 0.6 is 11.6 Å². The molecule has 4 rings (SSSR count). The quantitative estimate of drug-likeness (QED) is 0.541. The summed E-state index contributed by atoms with van der Waals surface area (Å²) in [7, 11) is -3.95. The second-order valence-electron chi connectivity index (χ2n) is 6.16. The zero-order valence-electron chi connectivity index (χ0n) is 14.7. The minimum atomic E-state index is -3.95. The van der Waals surface area contributed by atoms with Gasteiger partial charge in [0.1, 0.15) is 0 Å². The highest BCUT2D eigenvalue weighted by atomic mass is 35.5. The van der Waals surface area contributed by atoms with Gasteiger partial charge in [-0.15, -0.1) is 0 Å². The number of benzene rings is 3. The van der Waals surface area contributed by atoms with Crippen LogP contribution in [0.15, 0.2) is 87.3 Å². The van der Waals surface area contributed by atoms with Gasteiger partial charge < -0.3 is 4.98 Å². The number of nitrogens with one attached hydrogen (secondary N) is 1. The molecule has 9 heteroatoms. The molecule has 0 bridgehead atoms. The summed E-state index contributed by atoms with van der Waals surface area (Å²) in [6.45, 7) is 0. The van der Waals surface area contributed by atoms with Gasteiger partial charge in [-0.05, 0) is 54.6 Å². The number of rotatable bonds is 4. The summed E-state index contributed by atoms with van der Waals surface area (Å²) in [6, 6.07) is 18.2. The number of hydrogen-bond donors (Lipinski definition) is 1. The maximum absolute atomic E-state index is 12.7. The molecule has 0 unspecified atom stereocenters. The molecule has 0 fully saturated rings. The Balaban J connectivity index is 1.70. The summed E-state index contributed by atoms with van der Waals surface area (Å²) in [5, 5.41) is 0.649. The van der Waals surface area contributed by atoms with Gasteiger partial charge in [-0.1, -0.05) is 29.8 Å². The lowest BCUT2D eigenvalue weighted by Gasteiger charge is -2.08. The van der Waals surface area contributed by atoms with Crippen LogP contribution in [0.3, 0.4) is 0 Å². The van der Waals surface area contributed by atoms with E-state index in [0.717, 1.165) is 4.57 Å². The molecule has 3 aromatic carbocycles. The standard InChI is InChI=1S/C20H13ClN3O4S/c21-13-4-3-5-16(12-13)29(27,28)23-14-8-10-15(11-9-14)24-19(25)17-6-1-2-7-18(17)22-20(24)26/h1-12H,(H,22,26). The number of halogens is 1. The van der Waals surface area contributed by atoms with Crippen LogP contribution < -0.4 is 16.0 Å². The third-order valence-corrected chi connectivity index (χ3v) is 5.77. The number of hydrogen-bond acceptors (Lipinski definition) is 4. The Labute approximate surface area is 170 Å². The first-order valence-electron chi connectivity index (χ1n) is 8.43. The van der Waals surface area contributed by atoms with Gasteiger partial charge in [0.15, 0.2) is 0 Å². The van der Waals surface area contributed by atoms with Crippen molar-refractivity contribution in [1.82, 2.24) is 14.3 Å². The molecule has 0 amide bonds. The maximum Gasteiger partial charge on any atom is 0.333 e. The van der Waals surface area contributed by atoms with Crippen molar-refractivity contribution in [3.05, 3.63) is 98.7 Å². The Hall–Kier alpha value is -3.36. The Morgan fingerprint density at radius 1 is 0.897 bits per heavy atom. The lowest BCUT2D eigenvalue weighted by Crippen LogP contribution is -2.33. The maximum atomic E-state index is 12.7. The predicted octanol–water partition coefficient (Wildman–Crippen LogP) is 2.96. The number of H-pyrrole nitrogens is 1. The van der Waals surface area contributed by atoms with Crippen molar-refractivity contribution >= 4 is 38.2 Å². The van der Waals surface area contributed by atoms with E-state index in [1.54, 1.807) is 30.3 Å². The SMILES string of the molecule is O=c1[nH]c2ccccc2c(=O)n1-c1ccc([N]S(=O)(=O)c2cccc(Cl)c2)cc1. The molecule has 0 saturated heterocycles. The van der Waals surface area contributed by atoms with Crippen molar-refractivity contribution in [2.45, 2.75) is 4.90 Å². The number of para-hydroxylation sites is 1. The van der Waals surface area contributed by atoms with Crippen molar-refractivity contribution in [3.8, 4) is 5.69 Å². The molecule has 7 nitrogen and oxygen atoms in total. The molecular formula is C20H13ClN3O4S. The Morgan fingerprint density at radius 2 is 1.62 bits per heavy atom. The first-order valence-corrected chi connectivity index (χ1v) is 10.2. The van der Waals surface area contributed by atoms with E-state index in [2.05, 4.69) is 9.71 Å². The molecule has 0 saturated carbocycles. The Morgan fingerprint density at radius 3 is 2.34 bits per heavy atom. The molecule has 0 aliphatic carbocycles. The molecule has 0 aliphatic heterocycles. The van der Waals surface area contributed by atoms with E-state index in [0.29, 0.717) is 16.6 Å². The molecule has 0 spiro atoms. The topological polar surface area (TPSA) is 103 Å². The van der Waals surface area contributed by atoms with Gasteiger partial charge in [0, 0.05) is 5.02 Å². The molecule has 0 aliphatic rings. The van der Waals surface area contributed by atoms with Crippen LogP contribution in [0.4, 0.5) is 5.69 Å². The highest BCUT2D eigenvalue weighted by Gasteiger charge is 2.17. The van der Waals surface area contributed by atoms with Gasteiger partial charge in [0.2, 0.25) is 0 Å². The fourth-order valence-corrected chi connectivity index (χ4v) is 4.16. The predicted molar refractivity (Wildman–Crippen MR) is 111 cm³/mol. The van der Waals surface area contributed by atoms with Crippen LogP contribution in [-0.4, -0.2) is 18.0 Å². The fourth-order valence-electron chi connectivity index (χ4n) is 2.88. The van der Waals surface area contributed by atoms with Crippen molar-refractivity contribution in [1.29, 1.82) is 0 Å². The lowest BCUT2D eigenvalue weighted by molar-refractivity contribution is 0.590. The summed E-state index contributed by atoms with van der Waals surface area (Å²) in [6.07, 6.45) is 0. The first-order chi connectivity index (χ1) is 13.8. The minimum absolute atomic E-state index is 0.0312. The smallest absolute Gasteiger partial charge is 0.306 e. The van der Waals surface area contributed by atoms with Crippen LogP contribution in [0.1, 0.15) is 0 Å². The van der Waals surface area contributed by atoms with Gasteiger partial charge in [-0.2, -0.15) is 13.1 Å². The Kier molecular flexibility index (Phi) is 4.73. The van der Waals surface area contributed by atoms with Crippen molar-refractivity contribution in [3.63, 3.8) is 0 Å². The average molecular weight is 427 g/mol. The van der Waals surface area contributed by atoms with Crippen LogP contribution in [0.5, 0.6) is 0 Å². The van der Waals surface area contributed by atoms with Crippen molar-refractivity contribution < 1.29 is 8.42 Å². The van der Waals surface area contributed by atoms with Crippen LogP contribution in [-0.2, 0) is 10.0 Å². The third-order valence-electron chi connectivity index (χ3n) is 4.23. The lowest BCUT2D eigenvalue weighted by atomic mass is 10.2. The molecule has 1 heterocycles. The number of fused-ring (bicyclic) bond motifs is 1. The normalized spacial score (nSPS) is 11.5. The highest BCUT2D eigenvalue weighted by molar-refractivity contribution is 7.89. The van der Waals surface area contributed by atoms with Gasteiger partial charge >= 0.3 is 5.69 Å². The number of nitrogens with zero attached hydrogens (tertiary/aromatic N) is 2. The fraction of sp³-hybridized carbons (Fsp3) is 0. The van der Waals surface area contributed by atoms with E-state index >= 15 is 0 Å². The summed E-state index contributed by atoms with van der Waals surface area (Å²) in [5.41, 5.74) is -0.177. The largest absolute Gasteiger partial charge is 0.333 e. The molecular weight excluding hydrogens is 414 g/mol. The van der Waals surface area contributed by atoms with Crippen molar-refractivity contribution in [2.24, 2.45) is 0 Å². The molecule has 1 radical (unpaired) electrons. The van der Waals surface area contributed by atoms with Crippen molar-refractivity contribution in [2.75, 3.05) is 0 Å². The van der Waals surface area contributed by atoms with Gasteiger partial charge in [-0.25, -0.2) is 9.36 Å². The second-order valence-corrected chi connectivity index (χ2v) is 8.20. The van der Waals surface area contributed by atoms with Crippen LogP contribution in [0.25, 0.3) is 16.6 Å². The van der Waals surface area contributed by atoms with E-state index in [4.69, 9.17) is 11.6 Å². The van der Waals surface area contributed by atoms with Gasteiger partial charge in [-0.3, -0.25) is 4.79 Å². The molecule has 4 aromatic rings. The van der Waals surface area contributed by atoms with Gasteiger partial charge in [0.05, 0.1) is 27.2 Å². The van der Waals surface area contributed by atoms with E-state index in [-0.39, 0.29) is 15.6 Å². The number of aromatic nitrogens is 2. The average Bonchev–Trinajstić information content (AvgIpc) is 2.69. The molecule has 1 aromatic heterocycles.